The Labute approximate surface area is 147 Å². The molecule has 2 aliphatic rings. The molecule has 0 aromatic heterocycles. The molecular formula is C16H23ClN2O4S. The first kappa shape index (κ1) is 17.8. The van der Waals surface area contributed by atoms with E-state index in [0.29, 0.717) is 18.9 Å². The quantitative estimate of drug-likeness (QED) is 0.858. The molecule has 2 atom stereocenters. The summed E-state index contributed by atoms with van der Waals surface area (Å²) < 4.78 is 29.5. The molecule has 0 amide bonds. The van der Waals surface area contributed by atoms with E-state index < -0.39 is 9.84 Å². The van der Waals surface area contributed by atoms with Crippen molar-refractivity contribution in [3.05, 3.63) is 22.7 Å². The summed E-state index contributed by atoms with van der Waals surface area (Å²) in [4.78, 5) is 4.34. The standard InChI is InChI=1S/C16H23ClN2O4S/c1-3-23-15-7-11(6-12(17)16(15)20)8-19-5-4-18(2)13-9-24(21,22)10-14(13)19/h6-7,13-14,20H,3-5,8-10H2,1-2H3/t13-,14+/m1/s1. The van der Waals surface area contributed by atoms with Crippen LogP contribution in [-0.4, -0.2) is 73.7 Å². The van der Waals surface area contributed by atoms with Crippen molar-refractivity contribution in [1.29, 1.82) is 0 Å². The van der Waals surface area contributed by atoms with Crippen LogP contribution in [0, 0.1) is 0 Å². The molecule has 2 saturated heterocycles. The van der Waals surface area contributed by atoms with Gasteiger partial charge in [-0.15, -0.1) is 0 Å². The number of phenolic OH excluding ortho intramolecular Hbond substituents is 1. The molecule has 3 rings (SSSR count). The van der Waals surface area contributed by atoms with E-state index in [4.69, 9.17) is 16.3 Å². The highest BCUT2D eigenvalue weighted by Crippen LogP contribution is 2.36. The number of hydrogen-bond acceptors (Lipinski definition) is 6. The highest BCUT2D eigenvalue weighted by Gasteiger charge is 2.45. The van der Waals surface area contributed by atoms with Gasteiger partial charge in [-0.1, -0.05) is 11.6 Å². The lowest BCUT2D eigenvalue weighted by Crippen LogP contribution is -2.57. The Balaban J connectivity index is 1.83. The lowest BCUT2D eigenvalue weighted by atomic mass is 10.0. The molecule has 0 spiro atoms. The van der Waals surface area contributed by atoms with E-state index in [1.807, 2.05) is 14.0 Å². The van der Waals surface area contributed by atoms with E-state index in [1.165, 1.54) is 0 Å². The zero-order valence-electron chi connectivity index (χ0n) is 13.9. The first-order chi connectivity index (χ1) is 11.3. The Morgan fingerprint density at radius 1 is 1.29 bits per heavy atom. The molecule has 2 heterocycles. The molecular weight excluding hydrogens is 352 g/mol. The molecule has 1 aromatic carbocycles. The molecule has 0 bridgehead atoms. The summed E-state index contributed by atoms with van der Waals surface area (Å²) in [6, 6.07) is 3.54. The second kappa shape index (κ2) is 6.71. The fourth-order valence-corrected chi connectivity index (χ4v) is 5.93. The fourth-order valence-electron chi connectivity index (χ4n) is 3.61. The van der Waals surface area contributed by atoms with Crippen molar-refractivity contribution in [3.63, 3.8) is 0 Å². The first-order valence-electron chi connectivity index (χ1n) is 8.09. The maximum absolute atomic E-state index is 12.1. The summed E-state index contributed by atoms with van der Waals surface area (Å²) in [7, 11) is -1.01. The number of fused-ring (bicyclic) bond motifs is 1. The average Bonchev–Trinajstić information content (AvgIpc) is 2.84. The number of phenols is 1. The Kier molecular flexibility index (Phi) is 4.97. The molecule has 24 heavy (non-hydrogen) atoms. The Hall–Kier alpha value is -1.02. The van der Waals surface area contributed by atoms with Crippen molar-refractivity contribution >= 4 is 21.4 Å². The van der Waals surface area contributed by atoms with Gasteiger partial charge in [0.15, 0.2) is 21.3 Å². The minimum absolute atomic E-state index is 0.00290. The molecule has 2 fully saturated rings. The van der Waals surface area contributed by atoms with Crippen molar-refractivity contribution in [2.75, 3.05) is 38.2 Å². The maximum Gasteiger partial charge on any atom is 0.176 e. The zero-order chi connectivity index (χ0) is 17.5. The number of likely N-dealkylation sites (N-methyl/N-ethyl adjacent to an activating group) is 1. The number of hydrogen-bond donors (Lipinski definition) is 1. The van der Waals surface area contributed by atoms with E-state index in [1.54, 1.807) is 12.1 Å². The van der Waals surface area contributed by atoms with Crippen molar-refractivity contribution in [2.24, 2.45) is 0 Å². The highest BCUT2D eigenvalue weighted by molar-refractivity contribution is 7.91. The molecule has 134 valence electrons. The van der Waals surface area contributed by atoms with Gasteiger partial charge in [-0.25, -0.2) is 8.42 Å². The lowest BCUT2D eigenvalue weighted by molar-refractivity contribution is 0.0572. The number of benzene rings is 1. The monoisotopic (exact) mass is 374 g/mol. The number of aromatic hydroxyl groups is 1. The van der Waals surface area contributed by atoms with Crippen LogP contribution in [0.1, 0.15) is 12.5 Å². The van der Waals surface area contributed by atoms with Crippen LogP contribution in [0.2, 0.25) is 5.02 Å². The predicted octanol–water partition coefficient (Wildman–Crippen LogP) is 1.36. The second-order valence-corrected chi connectivity index (χ2v) is 9.08. The SMILES string of the molecule is CCOc1cc(CN2CCN(C)[C@@H]3CS(=O)(=O)C[C@@H]32)cc(Cl)c1O. The van der Waals surface area contributed by atoms with Crippen LogP contribution in [0.4, 0.5) is 0 Å². The summed E-state index contributed by atoms with van der Waals surface area (Å²) in [5.41, 5.74) is 0.911. The summed E-state index contributed by atoms with van der Waals surface area (Å²) >= 11 is 6.10. The van der Waals surface area contributed by atoms with Gasteiger partial charge in [0.25, 0.3) is 0 Å². The normalized spacial score (nSPS) is 27.1. The molecule has 8 heteroatoms. The van der Waals surface area contributed by atoms with Crippen LogP contribution in [0.3, 0.4) is 0 Å². The smallest absolute Gasteiger partial charge is 0.176 e. The molecule has 1 aromatic rings. The molecule has 0 unspecified atom stereocenters. The van der Waals surface area contributed by atoms with Crippen molar-refractivity contribution < 1.29 is 18.3 Å². The van der Waals surface area contributed by atoms with Crippen LogP contribution < -0.4 is 4.74 Å². The zero-order valence-corrected chi connectivity index (χ0v) is 15.5. The van der Waals surface area contributed by atoms with E-state index in [-0.39, 0.29) is 34.4 Å². The van der Waals surface area contributed by atoms with Crippen LogP contribution in [-0.2, 0) is 16.4 Å². The van der Waals surface area contributed by atoms with Crippen molar-refractivity contribution in [1.82, 2.24) is 9.80 Å². The minimum atomic E-state index is -2.99. The number of nitrogens with zero attached hydrogens (tertiary/aromatic N) is 2. The number of ether oxygens (including phenoxy) is 1. The van der Waals surface area contributed by atoms with E-state index in [2.05, 4.69) is 9.80 Å². The topological polar surface area (TPSA) is 70.1 Å². The van der Waals surface area contributed by atoms with E-state index in [0.717, 1.165) is 18.7 Å². The third-order valence-electron chi connectivity index (χ3n) is 4.84. The number of rotatable bonds is 4. The second-order valence-electron chi connectivity index (χ2n) is 6.52. The van der Waals surface area contributed by atoms with Crippen LogP contribution in [0.15, 0.2) is 12.1 Å². The van der Waals surface area contributed by atoms with Gasteiger partial charge in [0.05, 0.1) is 23.1 Å². The molecule has 0 saturated carbocycles. The number of piperazine rings is 1. The Bertz CT molecular complexity index is 725. The molecule has 1 N–H and O–H groups in total. The van der Waals surface area contributed by atoms with Crippen LogP contribution in [0.5, 0.6) is 11.5 Å². The predicted molar refractivity (Wildman–Crippen MR) is 93.6 cm³/mol. The highest BCUT2D eigenvalue weighted by atomic mass is 35.5. The number of halogens is 1. The van der Waals surface area contributed by atoms with Gasteiger partial charge in [-0.05, 0) is 31.7 Å². The molecule has 0 aliphatic carbocycles. The summed E-state index contributed by atoms with van der Waals surface area (Å²) in [6.07, 6.45) is 0. The fraction of sp³-hybridized carbons (Fsp3) is 0.625. The Morgan fingerprint density at radius 3 is 2.71 bits per heavy atom. The van der Waals surface area contributed by atoms with Gasteiger partial charge in [0.1, 0.15) is 0 Å². The summed E-state index contributed by atoms with van der Waals surface area (Å²) in [5.74, 6) is 0.740. The largest absolute Gasteiger partial charge is 0.503 e. The van der Waals surface area contributed by atoms with Gasteiger partial charge in [0.2, 0.25) is 0 Å². The average molecular weight is 375 g/mol. The summed E-state index contributed by atoms with van der Waals surface area (Å²) in [5, 5.41) is 10.2. The first-order valence-corrected chi connectivity index (χ1v) is 10.3. The van der Waals surface area contributed by atoms with E-state index in [9.17, 15) is 13.5 Å². The molecule has 0 radical (unpaired) electrons. The van der Waals surface area contributed by atoms with Crippen molar-refractivity contribution in [3.8, 4) is 11.5 Å². The van der Waals surface area contributed by atoms with Gasteiger partial charge in [-0.2, -0.15) is 0 Å². The summed E-state index contributed by atoms with van der Waals surface area (Å²) in [6.45, 7) is 4.50. The van der Waals surface area contributed by atoms with Crippen LogP contribution >= 0.6 is 11.6 Å². The van der Waals surface area contributed by atoms with Gasteiger partial charge in [-0.3, -0.25) is 9.80 Å². The van der Waals surface area contributed by atoms with E-state index >= 15 is 0 Å². The van der Waals surface area contributed by atoms with Gasteiger partial charge < -0.3 is 9.84 Å². The van der Waals surface area contributed by atoms with Crippen molar-refractivity contribution in [2.45, 2.75) is 25.6 Å². The Morgan fingerprint density at radius 2 is 2.00 bits per heavy atom. The maximum atomic E-state index is 12.1. The minimum Gasteiger partial charge on any atom is -0.503 e. The van der Waals surface area contributed by atoms with Crippen LogP contribution in [0.25, 0.3) is 0 Å². The third-order valence-corrected chi connectivity index (χ3v) is 6.83. The third kappa shape index (κ3) is 3.49. The van der Waals surface area contributed by atoms with Gasteiger partial charge >= 0.3 is 0 Å². The lowest BCUT2D eigenvalue weighted by Gasteiger charge is -2.42. The van der Waals surface area contributed by atoms with Gasteiger partial charge in [0, 0.05) is 31.7 Å². The number of sulfone groups is 1. The molecule has 2 aliphatic heterocycles. The molecule has 6 nitrogen and oxygen atoms in total.